The summed E-state index contributed by atoms with van der Waals surface area (Å²) in [6, 6.07) is 0.593. The molecule has 2 heterocycles. The summed E-state index contributed by atoms with van der Waals surface area (Å²) in [6.45, 7) is 15.6. The van der Waals surface area contributed by atoms with Gasteiger partial charge in [-0.1, -0.05) is 20.8 Å². The number of aromatic nitrogens is 2. The van der Waals surface area contributed by atoms with Crippen LogP contribution in [-0.4, -0.2) is 39.4 Å². The van der Waals surface area contributed by atoms with Crippen molar-refractivity contribution in [2.75, 3.05) is 13.1 Å². The fraction of sp³-hybridized carbons (Fsp3) is 0.812. The molecule has 1 N–H and O–H groups in total. The summed E-state index contributed by atoms with van der Waals surface area (Å²) in [5, 5.41) is 8.13. The molecule has 2 unspecified atom stereocenters. The Morgan fingerprint density at radius 3 is 2.75 bits per heavy atom. The van der Waals surface area contributed by atoms with E-state index in [0.29, 0.717) is 12.0 Å². The van der Waals surface area contributed by atoms with E-state index >= 15 is 0 Å². The Labute approximate surface area is 123 Å². The van der Waals surface area contributed by atoms with E-state index in [2.05, 4.69) is 56.1 Å². The maximum atomic E-state index is 4.40. The zero-order valence-electron chi connectivity index (χ0n) is 13.7. The third kappa shape index (κ3) is 3.23. The molecule has 1 saturated heterocycles. The molecular weight excluding hydrogens is 248 g/mol. The second kappa shape index (κ2) is 6.27. The topological polar surface area (TPSA) is 33.1 Å². The summed E-state index contributed by atoms with van der Waals surface area (Å²) >= 11 is 0. The minimum Gasteiger partial charge on any atom is -0.311 e. The summed E-state index contributed by atoms with van der Waals surface area (Å²) in [4.78, 5) is 2.64. The number of nitrogens with one attached hydrogen (secondary N) is 1. The van der Waals surface area contributed by atoms with Crippen molar-refractivity contribution in [3.63, 3.8) is 0 Å². The molecule has 0 amide bonds. The largest absolute Gasteiger partial charge is 0.311 e. The van der Waals surface area contributed by atoms with Crippen molar-refractivity contribution in [2.24, 2.45) is 5.92 Å². The van der Waals surface area contributed by atoms with Crippen LogP contribution in [0.25, 0.3) is 0 Å². The van der Waals surface area contributed by atoms with Gasteiger partial charge in [-0.2, -0.15) is 5.10 Å². The summed E-state index contributed by atoms with van der Waals surface area (Å²) < 4.78 is 2.01. The van der Waals surface area contributed by atoms with Crippen molar-refractivity contribution in [1.29, 1.82) is 0 Å². The highest BCUT2D eigenvalue weighted by atomic mass is 15.3. The molecular formula is C16H30N4. The van der Waals surface area contributed by atoms with Gasteiger partial charge in [0, 0.05) is 49.5 Å². The number of aryl methyl sites for hydroxylation is 1. The Morgan fingerprint density at radius 1 is 1.45 bits per heavy atom. The molecule has 1 aromatic heterocycles. The molecule has 1 aromatic rings. The quantitative estimate of drug-likeness (QED) is 0.898. The molecule has 20 heavy (non-hydrogen) atoms. The molecule has 4 heteroatoms. The molecule has 0 radical (unpaired) electrons. The minimum absolute atomic E-state index is 0.250. The van der Waals surface area contributed by atoms with E-state index in [4.69, 9.17) is 0 Å². The summed E-state index contributed by atoms with van der Waals surface area (Å²) in [5.41, 5.74) is 1.58. The van der Waals surface area contributed by atoms with Gasteiger partial charge in [0.05, 0.1) is 6.20 Å². The van der Waals surface area contributed by atoms with Gasteiger partial charge in [0.2, 0.25) is 0 Å². The standard InChI is InChI=1S/C16H30N4/c1-6-16(5)12-17-15(13(3)4)11-19(16)9-14-8-18-20(7-2)10-14/h8,10,13,15,17H,6-7,9,11-12H2,1-5H3. The van der Waals surface area contributed by atoms with E-state index in [9.17, 15) is 0 Å². The Balaban J connectivity index is 2.11. The van der Waals surface area contributed by atoms with Crippen molar-refractivity contribution in [1.82, 2.24) is 20.0 Å². The van der Waals surface area contributed by atoms with Gasteiger partial charge in [-0.05, 0) is 26.2 Å². The normalized spacial score (nSPS) is 28.2. The molecule has 2 rings (SSSR count). The number of piperazine rings is 1. The summed E-state index contributed by atoms with van der Waals surface area (Å²) in [5.74, 6) is 0.678. The molecule has 0 aliphatic carbocycles. The van der Waals surface area contributed by atoms with E-state index in [-0.39, 0.29) is 5.54 Å². The molecule has 1 aliphatic rings. The highest BCUT2D eigenvalue weighted by Gasteiger charge is 2.37. The highest BCUT2D eigenvalue weighted by Crippen LogP contribution is 2.26. The summed E-state index contributed by atoms with van der Waals surface area (Å²) in [6.07, 6.45) is 5.38. The lowest BCUT2D eigenvalue weighted by atomic mass is 9.89. The third-order valence-corrected chi connectivity index (χ3v) is 4.88. The van der Waals surface area contributed by atoms with Gasteiger partial charge >= 0.3 is 0 Å². The van der Waals surface area contributed by atoms with E-state index < -0.39 is 0 Å². The second-order valence-electron chi connectivity index (χ2n) is 6.67. The maximum Gasteiger partial charge on any atom is 0.0534 e. The molecule has 1 fully saturated rings. The first-order valence-corrected chi connectivity index (χ1v) is 7.98. The van der Waals surface area contributed by atoms with Crippen LogP contribution in [0.2, 0.25) is 0 Å². The fourth-order valence-corrected chi connectivity index (χ4v) is 2.92. The van der Waals surface area contributed by atoms with Crippen molar-refractivity contribution >= 4 is 0 Å². The van der Waals surface area contributed by atoms with Crippen LogP contribution in [0, 0.1) is 5.92 Å². The van der Waals surface area contributed by atoms with Gasteiger partial charge in [0.25, 0.3) is 0 Å². The Kier molecular flexibility index (Phi) is 4.86. The average molecular weight is 278 g/mol. The zero-order chi connectivity index (χ0) is 14.8. The molecule has 0 saturated carbocycles. The molecule has 2 atom stereocenters. The SMILES string of the molecule is CCn1cc(CN2CC(C(C)C)NCC2(C)CC)cn1. The van der Waals surface area contributed by atoms with Gasteiger partial charge in [0.15, 0.2) is 0 Å². The number of hydrogen-bond donors (Lipinski definition) is 1. The second-order valence-corrected chi connectivity index (χ2v) is 6.67. The Bertz CT molecular complexity index is 426. The monoisotopic (exact) mass is 278 g/mol. The first-order valence-electron chi connectivity index (χ1n) is 7.98. The smallest absolute Gasteiger partial charge is 0.0534 e. The lowest BCUT2D eigenvalue weighted by Gasteiger charge is -2.48. The number of hydrogen-bond acceptors (Lipinski definition) is 3. The van der Waals surface area contributed by atoms with E-state index in [1.165, 1.54) is 12.0 Å². The van der Waals surface area contributed by atoms with Gasteiger partial charge < -0.3 is 5.32 Å². The Hall–Kier alpha value is -0.870. The van der Waals surface area contributed by atoms with Gasteiger partial charge in [-0.25, -0.2) is 0 Å². The first kappa shape index (κ1) is 15.5. The van der Waals surface area contributed by atoms with Crippen LogP contribution in [0.3, 0.4) is 0 Å². The van der Waals surface area contributed by atoms with E-state index in [0.717, 1.165) is 26.2 Å². The predicted octanol–water partition coefficient (Wildman–Crippen LogP) is 2.50. The first-order chi connectivity index (χ1) is 9.48. The minimum atomic E-state index is 0.250. The predicted molar refractivity (Wildman–Crippen MR) is 83.6 cm³/mol. The fourth-order valence-electron chi connectivity index (χ4n) is 2.92. The van der Waals surface area contributed by atoms with E-state index in [1.54, 1.807) is 0 Å². The van der Waals surface area contributed by atoms with Crippen LogP contribution in [0.4, 0.5) is 0 Å². The van der Waals surface area contributed by atoms with Crippen LogP contribution in [0.5, 0.6) is 0 Å². The summed E-state index contributed by atoms with van der Waals surface area (Å²) in [7, 11) is 0. The van der Waals surface area contributed by atoms with Crippen molar-refractivity contribution in [3.05, 3.63) is 18.0 Å². The molecule has 114 valence electrons. The molecule has 0 spiro atoms. The third-order valence-electron chi connectivity index (χ3n) is 4.88. The van der Waals surface area contributed by atoms with Crippen LogP contribution >= 0.6 is 0 Å². The van der Waals surface area contributed by atoms with Crippen molar-refractivity contribution in [2.45, 2.75) is 65.7 Å². The number of nitrogens with zero attached hydrogens (tertiary/aromatic N) is 3. The molecule has 0 bridgehead atoms. The van der Waals surface area contributed by atoms with Crippen LogP contribution in [0.1, 0.15) is 46.6 Å². The molecule has 1 aliphatic heterocycles. The van der Waals surface area contributed by atoms with Gasteiger partial charge in [-0.15, -0.1) is 0 Å². The van der Waals surface area contributed by atoms with Crippen molar-refractivity contribution in [3.8, 4) is 0 Å². The zero-order valence-corrected chi connectivity index (χ0v) is 13.7. The van der Waals surface area contributed by atoms with Crippen molar-refractivity contribution < 1.29 is 0 Å². The molecule has 0 aromatic carbocycles. The van der Waals surface area contributed by atoms with Crippen LogP contribution < -0.4 is 5.32 Å². The van der Waals surface area contributed by atoms with Gasteiger partial charge in [0.1, 0.15) is 0 Å². The van der Waals surface area contributed by atoms with Crippen LogP contribution in [0.15, 0.2) is 12.4 Å². The maximum absolute atomic E-state index is 4.40. The average Bonchev–Trinajstić information content (AvgIpc) is 2.89. The highest BCUT2D eigenvalue weighted by molar-refractivity contribution is 5.07. The lowest BCUT2D eigenvalue weighted by molar-refractivity contribution is 0.0316. The Morgan fingerprint density at radius 2 is 2.20 bits per heavy atom. The number of rotatable bonds is 5. The van der Waals surface area contributed by atoms with Gasteiger partial charge in [-0.3, -0.25) is 9.58 Å². The van der Waals surface area contributed by atoms with Crippen LogP contribution in [-0.2, 0) is 13.1 Å². The lowest BCUT2D eigenvalue weighted by Crippen LogP contribution is -2.63. The molecule has 4 nitrogen and oxygen atoms in total. The van der Waals surface area contributed by atoms with E-state index in [1.807, 2.05) is 10.9 Å².